The maximum absolute atomic E-state index is 13.4. The number of benzene rings is 2. The highest BCUT2D eigenvalue weighted by atomic mass is 127. The number of carbonyl (C=O) groups is 1. The van der Waals surface area contributed by atoms with Gasteiger partial charge in [-0.05, 0) is 34.9 Å². The normalized spacial score (nSPS) is 10.9. The van der Waals surface area contributed by atoms with E-state index in [1.54, 1.807) is 11.8 Å². The SMILES string of the molecule is CCSC(C(=O)OCCN(CC)CC)(c1ccccc1)c1ccccc1.CI. The Balaban J connectivity index is 0.00000190. The van der Waals surface area contributed by atoms with Crippen molar-refractivity contribution < 1.29 is 9.53 Å². The summed E-state index contributed by atoms with van der Waals surface area (Å²) >= 11 is 3.77. The van der Waals surface area contributed by atoms with Gasteiger partial charge < -0.3 is 9.64 Å². The van der Waals surface area contributed by atoms with E-state index in [-0.39, 0.29) is 5.97 Å². The zero-order valence-electron chi connectivity index (χ0n) is 17.4. The quantitative estimate of drug-likeness (QED) is 0.234. The predicted octanol–water partition coefficient (Wildman–Crippen LogP) is 5.62. The molecule has 0 atom stereocenters. The molecule has 0 spiro atoms. The maximum Gasteiger partial charge on any atom is 0.331 e. The molecule has 0 aliphatic heterocycles. The number of nitrogens with zero attached hydrogens (tertiary/aromatic N) is 1. The number of thioether (sulfide) groups is 1. The highest BCUT2D eigenvalue weighted by Gasteiger charge is 2.43. The second-order valence-electron chi connectivity index (χ2n) is 6.01. The van der Waals surface area contributed by atoms with E-state index in [2.05, 4.69) is 48.3 Å². The zero-order chi connectivity index (χ0) is 20.8. The van der Waals surface area contributed by atoms with Gasteiger partial charge in [0.25, 0.3) is 0 Å². The molecule has 0 aliphatic carbocycles. The average molecular weight is 513 g/mol. The topological polar surface area (TPSA) is 29.5 Å². The molecule has 0 aliphatic rings. The molecule has 0 unspecified atom stereocenters. The van der Waals surface area contributed by atoms with Gasteiger partial charge in [-0.2, -0.15) is 0 Å². The number of alkyl halides is 1. The van der Waals surface area contributed by atoms with Gasteiger partial charge in [0.2, 0.25) is 0 Å². The molecule has 0 fully saturated rings. The summed E-state index contributed by atoms with van der Waals surface area (Å²) in [5, 5.41) is 0. The first-order valence-electron chi connectivity index (χ1n) is 9.71. The van der Waals surface area contributed by atoms with E-state index in [0.29, 0.717) is 6.61 Å². The summed E-state index contributed by atoms with van der Waals surface area (Å²) < 4.78 is 4.97. The average Bonchev–Trinajstić information content (AvgIpc) is 2.77. The van der Waals surface area contributed by atoms with Gasteiger partial charge in [0.15, 0.2) is 4.75 Å². The molecule has 0 saturated carbocycles. The molecular formula is C23H32INO2S. The van der Waals surface area contributed by atoms with Crippen LogP contribution in [0.4, 0.5) is 0 Å². The number of hydrogen-bond acceptors (Lipinski definition) is 4. The zero-order valence-corrected chi connectivity index (χ0v) is 20.3. The van der Waals surface area contributed by atoms with E-state index in [0.717, 1.165) is 36.5 Å². The largest absolute Gasteiger partial charge is 0.463 e. The van der Waals surface area contributed by atoms with Gasteiger partial charge >= 0.3 is 5.97 Å². The fraction of sp³-hybridized carbons (Fsp3) is 0.435. The van der Waals surface area contributed by atoms with Crippen LogP contribution in [0.5, 0.6) is 0 Å². The van der Waals surface area contributed by atoms with Crippen LogP contribution < -0.4 is 0 Å². The van der Waals surface area contributed by atoms with Crippen LogP contribution in [0.15, 0.2) is 60.7 Å². The summed E-state index contributed by atoms with van der Waals surface area (Å²) in [5.74, 6) is 0.628. The number of esters is 1. The molecule has 0 radical (unpaired) electrons. The first-order valence-corrected chi connectivity index (χ1v) is 12.9. The van der Waals surface area contributed by atoms with Gasteiger partial charge in [-0.3, -0.25) is 0 Å². The molecule has 2 aromatic rings. The first-order chi connectivity index (χ1) is 13.7. The predicted molar refractivity (Wildman–Crippen MR) is 130 cm³/mol. The van der Waals surface area contributed by atoms with Crippen molar-refractivity contribution in [2.24, 2.45) is 0 Å². The van der Waals surface area contributed by atoms with E-state index in [4.69, 9.17) is 4.74 Å². The number of likely N-dealkylation sites (N-methyl/N-ethyl adjacent to an activating group) is 1. The van der Waals surface area contributed by atoms with Crippen LogP contribution >= 0.6 is 34.4 Å². The van der Waals surface area contributed by atoms with Gasteiger partial charge in [-0.1, -0.05) is 104 Å². The van der Waals surface area contributed by atoms with Crippen molar-refractivity contribution in [3.05, 3.63) is 71.8 Å². The number of rotatable bonds is 10. The highest BCUT2D eigenvalue weighted by Crippen LogP contribution is 2.43. The smallest absolute Gasteiger partial charge is 0.331 e. The standard InChI is InChI=1S/C22H29NO2S.CH3I/c1-4-23(5-2)17-18-25-21(24)22(26-6-3,19-13-9-7-10-14-19)20-15-11-8-12-16-20;1-2/h7-16H,4-6,17-18H2,1-3H3;1H3. The van der Waals surface area contributed by atoms with E-state index in [9.17, 15) is 4.79 Å². The Hall–Kier alpha value is -1.05. The molecule has 0 amide bonds. The van der Waals surface area contributed by atoms with Crippen molar-refractivity contribution in [3.8, 4) is 0 Å². The van der Waals surface area contributed by atoms with Crippen molar-refractivity contribution >= 4 is 40.3 Å². The Kier molecular flexibility index (Phi) is 12.5. The lowest BCUT2D eigenvalue weighted by Crippen LogP contribution is -2.37. The highest BCUT2D eigenvalue weighted by molar-refractivity contribution is 14.1. The van der Waals surface area contributed by atoms with Gasteiger partial charge in [0, 0.05) is 6.54 Å². The molecule has 0 N–H and O–H groups in total. The number of hydrogen-bond donors (Lipinski definition) is 0. The minimum Gasteiger partial charge on any atom is -0.463 e. The number of ether oxygens (including phenoxy) is 1. The molecule has 2 rings (SSSR count). The molecule has 0 bridgehead atoms. The molecular weight excluding hydrogens is 481 g/mol. The lowest BCUT2D eigenvalue weighted by atomic mass is 9.90. The molecule has 0 heterocycles. The summed E-state index contributed by atoms with van der Waals surface area (Å²) in [7, 11) is 0. The molecule has 3 nitrogen and oxygen atoms in total. The summed E-state index contributed by atoms with van der Waals surface area (Å²) in [6.07, 6.45) is 0. The van der Waals surface area contributed by atoms with Crippen LogP contribution in [0.1, 0.15) is 31.9 Å². The van der Waals surface area contributed by atoms with Crippen molar-refractivity contribution in [1.29, 1.82) is 0 Å². The fourth-order valence-corrected chi connectivity index (χ4v) is 4.31. The Morgan fingerprint density at radius 1 is 0.929 bits per heavy atom. The van der Waals surface area contributed by atoms with Crippen LogP contribution in [0.3, 0.4) is 0 Å². The van der Waals surface area contributed by atoms with Gasteiger partial charge in [-0.15, -0.1) is 11.8 Å². The summed E-state index contributed by atoms with van der Waals surface area (Å²) in [4.78, 5) is 17.6. The van der Waals surface area contributed by atoms with Crippen LogP contribution in [0, 0.1) is 0 Å². The van der Waals surface area contributed by atoms with Crippen molar-refractivity contribution in [3.63, 3.8) is 0 Å². The summed E-state index contributed by atoms with van der Waals surface area (Å²) in [6.45, 7) is 9.41. The Bertz CT molecular complexity index is 623. The Morgan fingerprint density at radius 2 is 1.39 bits per heavy atom. The first kappa shape index (κ1) is 25.0. The fourth-order valence-electron chi connectivity index (χ4n) is 3.10. The molecule has 2 aromatic carbocycles. The van der Waals surface area contributed by atoms with E-state index in [1.807, 2.05) is 65.6 Å². The van der Waals surface area contributed by atoms with Crippen molar-refractivity contribution in [2.75, 3.05) is 36.9 Å². The minimum absolute atomic E-state index is 0.186. The van der Waals surface area contributed by atoms with E-state index < -0.39 is 4.75 Å². The molecule has 154 valence electrons. The Morgan fingerprint density at radius 3 is 1.79 bits per heavy atom. The van der Waals surface area contributed by atoms with Gasteiger partial charge in [0.1, 0.15) is 6.61 Å². The van der Waals surface area contributed by atoms with Crippen molar-refractivity contribution in [2.45, 2.75) is 25.5 Å². The van der Waals surface area contributed by atoms with Gasteiger partial charge in [-0.25, -0.2) is 4.79 Å². The monoisotopic (exact) mass is 513 g/mol. The minimum atomic E-state index is -0.833. The maximum atomic E-state index is 13.4. The third kappa shape index (κ3) is 6.49. The molecule has 5 heteroatoms. The summed E-state index contributed by atoms with van der Waals surface area (Å²) in [6, 6.07) is 19.9. The van der Waals surface area contributed by atoms with E-state index in [1.165, 1.54) is 0 Å². The lowest BCUT2D eigenvalue weighted by molar-refractivity contribution is -0.146. The molecule has 28 heavy (non-hydrogen) atoms. The molecule has 0 aromatic heterocycles. The Labute approximate surface area is 188 Å². The van der Waals surface area contributed by atoms with Crippen LogP contribution in [0.2, 0.25) is 0 Å². The van der Waals surface area contributed by atoms with Gasteiger partial charge in [0.05, 0.1) is 0 Å². The second-order valence-corrected chi connectivity index (χ2v) is 7.49. The third-order valence-electron chi connectivity index (χ3n) is 4.54. The number of halogens is 1. The third-order valence-corrected chi connectivity index (χ3v) is 5.90. The van der Waals surface area contributed by atoms with E-state index >= 15 is 0 Å². The molecule has 0 saturated heterocycles. The van der Waals surface area contributed by atoms with Crippen molar-refractivity contribution in [1.82, 2.24) is 4.90 Å². The second kappa shape index (κ2) is 14.0. The van der Waals surface area contributed by atoms with Crippen LogP contribution in [0.25, 0.3) is 0 Å². The number of carbonyl (C=O) groups excluding carboxylic acids is 1. The summed E-state index contributed by atoms with van der Waals surface area (Å²) in [5.41, 5.74) is 1.93. The lowest BCUT2D eigenvalue weighted by Gasteiger charge is -2.32. The van der Waals surface area contributed by atoms with Crippen LogP contribution in [-0.2, 0) is 14.3 Å². The van der Waals surface area contributed by atoms with Crippen LogP contribution in [-0.4, -0.2) is 47.8 Å².